The molecular formula is C37H31NSi. The molecule has 0 radical (unpaired) electrons. The van der Waals surface area contributed by atoms with Gasteiger partial charge in [-0.1, -0.05) is 152 Å². The standard InChI is InChI=1S/C37H31NSi/c1-39(27-26-28-22-24-33(38)25-23-28)36(31-18-10-4-11-19-31)34(29-14-6-2-7-15-29)35(30-16-8-3-9-17-30)37(39)32-20-12-5-13-21-32/h2-27H,38H2,1H3/b27-26+. The first-order valence-electron chi connectivity index (χ1n) is 13.4. The van der Waals surface area contributed by atoms with Crippen LogP contribution in [0.3, 0.4) is 0 Å². The Morgan fingerprint density at radius 3 is 1.21 bits per heavy atom. The molecule has 2 heteroatoms. The molecule has 0 fully saturated rings. The molecule has 1 heterocycles. The van der Waals surface area contributed by atoms with Gasteiger partial charge in [-0.05, 0) is 61.5 Å². The molecule has 0 bridgehead atoms. The minimum atomic E-state index is -2.47. The van der Waals surface area contributed by atoms with Gasteiger partial charge in [0, 0.05) is 5.69 Å². The van der Waals surface area contributed by atoms with Crippen molar-refractivity contribution in [2.75, 3.05) is 5.73 Å². The zero-order chi connectivity index (χ0) is 26.7. The summed E-state index contributed by atoms with van der Waals surface area (Å²) in [5.74, 6) is 0. The number of nitrogens with two attached hydrogens (primary N) is 1. The van der Waals surface area contributed by atoms with E-state index in [1.54, 1.807) is 0 Å². The highest BCUT2D eigenvalue weighted by Gasteiger charge is 2.45. The van der Waals surface area contributed by atoms with E-state index < -0.39 is 8.07 Å². The van der Waals surface area contributed by atoms with Crippen LogP contribution in [0.25, 0.3) is 27.6 Å². The van der Waals surface area contributed by atoms with E-state index in [1.165, 1.54) is 43.8 Å². The molecule has 188 valence electrons. The number of hydrogen-bond acceptors (Lipinski definition) is 1. The van der Waals surface area contributed by atoms with E-state index in [0.29, 0.717) is 0 Å². The SMILES string of the molecule is C[Si]1(/C=C/c2ccc(N)cc2)C(c2ccccc2)=C(c2ccccc2)C(c2ccccc2)=C1c1ccccc1. The molecule has 0 spiro atoms. The van der Waals surface area contributed by atoms with Gasteiger partial charge in [0.15, 0.2) is 0 Å². The summed E-state index contributed by atoms with van der Waals surface area (Å²) in [5, 5.41) is 2.89. The van der Waals surface area contributed by atoms with Crippen LogP contribution in [0.15, 0.2) is 151 Å². The number of nitrogen functional groups attached to an aromatic ring is 1. The summed E-state index contributed by atoms with van der Waals surface area (Å²) in [5.41, 5.74) is 18.2. The lowest BCUT2D eigenvalue weighted by Crippen LogP contribution is -2.31. The first-order valence-corrected chi connectivity index (χ1v) is 16.0. The Bertz CT molecular complexity index is 1570. The molecule has 1 aliphatic heterocycles. The number of anilines is 1. The second kappa shape index (κ2) is 10.6. The quantitative estimate of drug-likeness (QED) is 0.176. The van der Waals surface area contributed by atoms with Crippen molar-refractivity contribution < 1.29 is 0 Å². The summed E-state index contributed by atoms with van der Waals surface area (Å²) in [6, 6.07) is 51.9. The van der Waals surface area contributed by atoms with E-state index in [4.69, 9.17) is 5.73 Å². The molecule has 2 N–H and O–H groups in total. The number of rotatable bonds is 6. The maximum Gasteiger partial charge on any atom is 0.141 e. The van der Waals surface area contributed by atoms with Crippen molar-refractivity contribution in [3.05, 3.63) is 179 Å². The Hall–Kier alpha value is -4.66. The minimum absolute atomic E-state index is 0.781. The molecule has 0 saturated heterocycles. The predicted octanol–water partition coefficient (Wildman–Crippen LogP) is 9.21. The van der Waals surface area contributed by atoms with Crippen LogP contribution in [0.1, 0.15) is 27.8 Å². The molecule has 0 unspecified atom stereocenters. The summed E-state index contributed by atoms with van der Waals surface area (Å²) in [7, 11) is -2.47. The molecule has 5 aromatic rings. The van der Waals surface area contributed by atoms with Gasteiger partial charge in [-0.25, -0.2) is 0 Å². The predicted molar refractivity (Wildman–Crippen MR) is 171 cm³/mol. The molecule has 6 rings (SSSR count). The second-order valence-corrected chi connectivity index (χ2v) is 13.9. The monoisotopic (exact) mass is 517 g/mol. The largest absolute Gasteiger partial charge is 0.399 e. The molecule has 0 saturated carbocycles. The lowest BCUT2D eigenvalue weighted by Gasteiger charge is -2.28. The van der Waals surface area contributed by atoms with Crippen LogP contribution < -0.4 is 5.73 Å². The van der Waals surface area contributed by atoms with Gasteiger partial charge in [0.1, 0.15) is 8.07 Å². The lowest BCUT2D eigenvalue weighted by molar-refractivity contribution is 1.58. The van der Waals surface area contributed by atoms with Crippen LogP contribution in [0.4, 0.5) is 5.69 Å². The van der Waals surface area contributed by atoms with Crippen LogP contribution in [0.5, 0.6) is 0 Å². The Morgan fingerprint density at radius 1 is 0.462 bits per heavy atom. The Kier molecular flexibility index (Phi) is 6.71. The summed E-state index contributed by atoms with van der Waals surface area (Å²) in [4.78, 5) is 0. The highest BCUT2D eigenvalue weighted by Crippen LogP contribution is 2.56. The fourth-order valence-electron chi connectivity index (χ4n) is 5.82. The van der Waals surface area contributed by atoms with Crippen molar-refractivity contribution in [2.45, 2.75) is 6.55 Å². The smallest absolute Gasteiger partial charge is 0.141 e. The third-order valence-electron chi connectivity index (χ3n) is 7.58. The zero-order valence-electron chi connectivity index (χ0n) is 22.1. The van der Waals surface area contributed by atoms with Crippen LogP contribution in [0.2, 0.25) is 6.55 Å². The van der Waals surface area contributed by atoms with Crippen LogP contribution >= 0.6 is 0 Å². The molecule has 0 aromatic heterocycles. The summed E-state index contributed by atoms with van der Waals surface area (Å²) in [6.45, 7) is 2.50. The third kappa shape index (κ3) is 4.71. The number of hydrogen-bond donors (Lipinski definition) is 1. The van der Waals surface area contributed by atoms with E-state index in [-0.39, 0.29) is 0 Å². The van der Waals surface area contributed by atoms with Crippen molar-refractivity contribution >= 4 is 41.4 Å². The average molecular weight is 518 g/mol. The Labute approximate surface area is 232 Å². The van der Waals surface area contributed by atoms with Crippen LogP contribution in [0, 0.1) is 0 Å². The Morgan fingerprint density at radius 2 is 0.821 bits per heavy atom. The van der Waals surface area contributed by atoms with Gasteiger partial charge in [0.25, 0.3) is 0 Å². The van der Waals surface area contributed by atoms with Gasteiger partial charge in [0.05, 0.1) is 0 Å². The summed E-state index contributed by atoms with van der Waals surface area (Å²) >= 11 is 0. The van der Waals surface area contributed by atoms with E-state index in [2.05, 4.69) is 152 Å². The summed E-state index contributed by atoms with van der Waals surface area (Å²) in [6.07, 6.45) is 2.30. The van der Waals surface area contributed by atoms with E-state index in [1.807, 2.05) is 12.1 Å². The highest BCUT2D eigenvalue weighted by atomic mass is 28.3. The van der Waals surface area contributed by atoms with Gasteiger partial charge in [0.2, 0.25) is 0 Å². The third-order valence-corrected chi connectivity index (χ3v) is 11.6. The minimum Gasteiger partial charge on any atom is -0.399 e. The van der Waals surface area contributed by atoms with Crippen LogP contribution in [-0.4, -0.2) is 8.07 Å². The lowest BCUT2D eigenvalue weighted by atomic mass is 9.89. The van der Waals surface area contributed by atoms with E-state index in [9.17, 15) is 0 Å². The van der Waals surface area contributed by atoms with Gasteiger partial charge in [-0.3, -0.25) is 0 Å². The van der Waals surface area contributed by atoms with Gasteiger partial charge < -0.3 is 5.73 Å². The molecule has 1 aliphatic rings. The van der Waals surface area contributed by atoms with Crippen molar-refractivity contribution in [2.24, 2.45) is 0 Å². The zero-order valence-corrected chi connectivity index (χ0v) is 23.1. The van der Waals surface area contributed by atoms with Crippen LogP contribution in [-0.2, 0) is 0 Å². The number of allylic oxidation sites excluding steroid dienone is 2. The van der Waals surface area contributed by atoms with Crippen molar-refractivity contribution in [1.82, 2.24) is 0 Å². The molecule has 0 atom stereocenters. The van der Waals surface area contributed by atoms with Crippen molar-refractivity contribution in [3.8, 4) is 0 Å². The second-order valence-electron chi connectivity index (χ2n) is 10.2. The van der Waals surface area contributed by atoms with Crippen molar-refractivity contribution in [3.63, 3.8) is 0 Å². The topological polar surface area (TPSA) is 26.0 Å². The molecule has 0 aliphatic carbocycles. The molecule has 39 heavy (non-hydrogen) atoms. The molecule has 5 aromatic carbocycles. The summed E-state index contributed by atoms with van der Waals surface area (Å²) < 4.78 is 0. The maximum absolute atomic E-state index is 6.00. The van der Waals surface area contributed by atoms with Crippen molar-refractivity contribution in [1.29, 1.82) is 0 Å². The first kappa shape index (κ1) is 24.7. The van der Waals surface area contributed by atoms with Gasteiger partial charge in [-0.15, -0.1) is 0 Å². The molecule has 1 nitrogen and oxygen atoms in total. The van der Waals surface area contributed by atoms with E-state index in [0.717, 1.165) is 11.3 Å². The van der Waals surface area contributed by atoms with E-state index >= 15 is 0 Å². The highest BCUT2D eigenvalue weighted by molar-refractivity contribution is 7.17. The fraction of sp³-hybridized carbons (Fsp3) is 0.0270. The van der Waals surface area contributed by atoms with Gasteiger partial charge >= 0.3 is 0 Å². The first-order chi connectivity index (χ1) is 19.1. The number of benzene rings is 5. The normalized spacial score (nSPS) is 14.8. The average Bonchev–Trinajstić information content (AvgIpc) is 3.28. The van der Waals surface area contributed by atoms with Gasteiger partial charge in [-0.2, -0.15) is 0 Å². The molecule has 0 amide bonds. The Balaban J connectivity index is 1.73. The maximum atomic E-state index is 6.00. The fourth-order valence-corrected chi connectivity index (χ4v) is 10.0. The molecular weight excluding hydrogens is 487 g/mol.